The Kier molecular flexibility index (Phi) is 7.28. The topological polar surface area (TPSA) is 75.4 Å². The van der Waals surface area contributed by atoms with E-state index in [0.29, 0.717) is 13.1 Å². The second-order valence-corrected chi connectivity index (χ2v) is 7.33. The second-order valence-electron chi connectivity index (χ2n) is 5.68. The van der Waals surface area contributed by atoms with Crippen LogP contribution in [-0.4, -0.2) is 37.9 Å². The summed E-state index contributed by atoms with van der Waals surface area (Å²) in [5.74, 6) is 0. The van der Waals surface area contributed by atoms with E-state index in [1.807, 2.05) is 13.8 Å². The summed E-state index contributed by atoms with van der Waals surface area (Å²) in [5.41, 5.74) is 5.54. The molecule has 19 heavy (non-hydrogen) atoms. The molecule has 1 fully saturated rings. The van der Waals surface area contributed by atoms with Gasteiger partial charge in [-0.05, 0) is 39.7 Å². The molecular weight excluding hydrogens is 262 g/mol. The summed E-state index contributed by atoms with van der Waals surface area (Å²) in [6, 6.07) is 0.0708. The van der Waals surface area contributed by atoms with Crippen molar-refractivity contribution < 1.29 is 8.42 Å². The highest BCUT2D eigenvalue weighted by atomic mass is 32.2. The van der Waals surface area contributed by atoms with Gasteiger partial charge in [0.2, 0.25) is 0 Å². The lowest BCUT2D eigenvalue weighted by atomic mass is 10.1. The average molecular weight is 291 g/mol. The van der Waals surface area contributed by atoms with Gasteiger partial charge in [0.25, 0.3) is 10.2 Å². The zero-order valence-electron chi connectivity index (χ0n) is 12.3. The molecule has 114 valence electrons. The predicted octanol–water partition coefficient (Wildman–Crippen LogP) is 1.60. The Balaban J connectivity index is 2.79. The van der Waals surface area contributed by atoms with E-state index < -0.39 is 10.2 Å². The standard InChI is InChI=1S/C13H29N3O2S/c1-12(2)15-19(17,18)16(11-7-10-14)13-8-5-3-4-6-9-13/h12-13,15H,3-11,14H2,1-2H3. The van der Waals surface area contributed by atoms with Crippen molar-refractivity contribution in [2.24, 2.45) is 5.73 Å². The minimum atomic E-state index is -3.38. The number of hydrogen-bond donors (Lipinski definition) is 2. The van der Waals surface area contributed by atoms with E-state index in [4.69, 9.17) is 5.73 Å². The molecule has 0 aromatic carbocycles. The van der Waals surface area contributed by atoms with Gasteiger partial charge in [0.15, 0.2) is 0 Å². The fourth-order valence-corrected chi connectivity index (χ4v) is 4.36. The summed E-state index contributed by atoms with van der Waals surface area (Å²) in [4.78, 5) is 0. The van der Waals surface area contributed by atoms with Crippen LogP contribution in [0.5, 0.6) is 0 Å². The number of nitrogens with zero attached hydrogens (tertiary/aromatic N) is 1. The molecule has 0 spiro atoms. The molecule has 1 aliphatic rings. The lowest BCUT2D eigenvalue weighted by molar-refractivity contribution is 0.285. The maximum Gasteiger partial charge on any atom is 0.279 e. The maximum atomic E-state index is 12.4. The van der Waals surface area contributed by atoms with Gasteiger partial charge in [-0.15, -0.1) is 0 Å². The van der Waals surface area contributed by atoms with Crippen LogP contribution in [0.15, 0.2) is 0 Å². The molecule has 0 amide bonds. The van der Waals surface area contributed by atoms with E-state index in [2.05, 4.69) is 4.72 Å². The summed E-state index contributed by atoms with van der Waals surface area (Å²) in [6.07, 6.45) is 7.36. The molecule has 0 heterocycles. The largest absolute Gasteiger partial charge is 0.330 e. The summed E-state index contributed by atoms with van der Waals surface area (Å²) < 4.78 is 29.2. The number of nitrogens with two attached hydrogens (primary N) is 1. The van der Waals surface area contributed by atoms with Crippen molar-refractivity contribution in [2.75, 3.05) is 13.1 Å². The minimum absolute atomic E-state index is 0.0730. The van der Waals surface area contributed by atoms with Gasteiger partial charge < -0.3 is 5.73 Å². The minimum Gasteiger partial charge on any atom is -0.330 e. The van der Waals surface area contributed by atoms with Gasteiger partial charge in [-0.25, -0.2) is 0 Å². The predicted molar refractivity (Wildman–Crippen MR) is 79.1 cm³/mol. The zero-order valence-corrected chi connectivity index (χ0v) is 13.1. The quantitative estimate of drug-likeness (QED) is 0.700. The van der Waals surface area contributed by atoms with Crippen LogP contribution in [0, 0.1) is 0 Å². The van der Waals surface area contributed by atoms with Crippen LogP contribution in [0.3, 0.4) is 0 Å². The average Bonchev–Trinajstić information content (AvgIpc) is 2.56. The Morgan fingerprint density at radius 3 is 2.26 bits per heavy atom. The molecule has 3 N–H and O–H groups in total. The Bertz CT molecular complexity index is 336. The van der Waals surface area contributed by atoms with Crippen LogP contribution in [0.25, 0.3) is 0 Å². The van der Waals surface area contributed by atoms with Crippen molar-refractivity contribution in [3.63, 3.8) is 0 Å². The first kappa shape index (κ1) is 16.9. The first-order valence-electron chi connectivity index (χ1n) is 7.46. The summed E-state index contributed by atoms with van der Waals surface area (Å²) in [5, 5.41) is 0. The third-order valence-electron chi connectivity index (χ3n) is 3.51. The number of hydrogen-bond acceptors (Lipinski definition) is 3. The normalized spacial score (nSPS) is 19.0. The molecule has 0 aromatic rings. The van der Waals surface area contributed by atoms with Gasteiger partial charge >= 0.3 is 0 Å². The lowest BCUT2D eigenvalue weighted by Crippen LogP contribution is -2.49. The van der Waals surface area contributed by atoms with Crippen molar-refractivity contribution in [1.29, 1.82) is 0 Å². The fraction of sp³-hybridized carbons (Fsp3) is 1.00. The van der Waals surface area contributed by atoms with Crippen molar-refractivity contribution in [3.05, 3.63) is 0 Å². The molecule has 5 nitrogen and oxygen atoms in total. The molecule has 0 atom stereocenters. The third-order valence-corrected chi connectivity index (χ3v) is 5.38. The number of rotatable bonds is 7. The highest BCUT2D eigenvalue weighted by Gasteiger charge is 2.30. The molecular formula is C13H29N3O2S. The van der Waals surface area contributed by atoms with E-state index in [-0.39, 0.29) is 12.1 Å². The molecule has 0 radical (unpaired) electrons. The Morgan fingerprint density at radius 1 is 1.21 bits per heavy atom. The zero-order chi connectivity index (χ0) is 14.3. The van der Waals surface area contributed by atoms with E-state index in [9.17, 15) is 8.42 Å². The second kappa shape index (κ2) is 8.19. The first-order valence-corrected chi connectivity index (χ1v) is 8.90. The van der Waals surface area contributed by atoms with Crippen LogP contribution < -0.4 is 10.5 Å². The van der Waals surface area contributed by atoms with E-state index >= 15 is 0 Å². The summed E-state index contributed by atoms with van der Waals surface area (Å²) in [6.45, 7) is 4.77. The summed E-state index contributed by atoms with van der Waals surface area (Å²) >= 11 is 0. The van der Waals surface area contributed by atoms with Gasteiger partial charge in [-0.2, -0.15) is 17.4 Å². The lowest BCUT2D eigenvalue weighted by Gasteiger charge is -2.31. The molecule has 1 aliphatic carbocycles. The Labute approximate surface area is 118 Å². The highest BCUT2D eigenvalue weighted by molar-refractivity contribution is 7.87. The van der Waals surface area contributed by atoms with Gasteiger partial charge in [0, 0.05) is 18.6 Å². The van der Waals surface area contributed by atoms with Crippen LogP contribution >= 0.6 is 0 Å². The van der Waals surface area contributed by atoms with Gasteiger partial charge in [0.05, 0.1) is 0 Å². The molecule has 6 heteroatoms. The number of nitrogens with one attached hydrogen (secondary N) is 1. The van der Waals surface area contributed by atoms with Crippen molar-refractivity contribution in [2.45, 2.75) is 70.9 Å². The molecule has 0 aromatic heterocycles. The van der Waals surface area contributed by atoms with Crippen molar-refractivity contribution in [3.8, 4) is 0 Å². The molecule has 0 bridgehead atoms. The Morgan fingerprint density at radius 2 is 1.79 bits per heavy atom. The van der Waals surface area contributed by atoms with Gasteiger partial charge in [-0.1, -0.05) is 25.7 Å². The van der Waals surface area contributed by atoms with Crippen LogP contribution in [0.2, 0.25) is 0 Å². The third kappa shape index (κ3) is 5.77. The van der Waals surface area contributed by atoms with E-state index in [1.165, 1.54) is 12.8 Å². The fourth-order valence-electron chi connectivity index (χ4n) is 2.66. The molecule has 0 aliphatic heterocycles. The first-order chi connectivity index (χ1) is 8.97. The van der Waals surface area contributed by atoms with E-state index in [0.717, 1.165) is 32.1 Å². The molecule has 1 rings (SSSR count). The van der Waals surface area contributed by atoms with Crippen LogP contribution in [0.1, 0.15) is 58.8 Å². The SMILES string of the molecule is CC(C)NS(=O)(=O)N(CCCN)C1CCCCCC1. The van der Waals surface area contributed by atoms with E-state index in [1.54, 1.807) is 4.31 Å². The summed E-state index contributed by atoms with van der Waals surface area (Å²) in [7, 11) is -3.38. The Hall–Kier alpha value is -0.170. The van der Waals surface area contributed by atoms with Crippen LogP contribution in [-0.2, 0) is 10.2 Å². The van der Waals surface area contributed by atoms with Crippen molar-refractivity contribution >= 4 is 10.2 Å². The maximum absolute atomic E-state index is 12.4. The highest BCUT2D eigenvalue weighted by Crippen LogP contribution is 2.23. The smallest absolute Gasteiger partial charge is 0.279 e. The molecule has 0 unspecified atom stereocenters. The van der Waals surface area contributed by atoms with Crippen LogP contribution in [0.4, 0.5) is 0 Å². The van der Waals surface area contributed by atoms with Crippen molar-refractivity contribution in [1.82, 2.24) is 9.03 Å². The van der Waals surface area contributed by atoms with Gasteiger partial charge in [0.1, 0.15) is 0 Å². The van der Waals surface area contributed by atoms with Gasteiger partial charge in [-0.3, -0.25) is 0 Å². The molecule has 0 saturated heterocycles. The monoisotopic (exact) mass is 291 g/mol. The molecule has 1 saturated carbocycles.